The maximum atomic E-state index is 12.3. The van der Waals surface area contributed by atoms with Crippen molar-refractivity contribution >= 4 is 44.9 Å². The topological polar surface area (TPSA) is 54.0 Å². The first kappa shape index (κ1) is 15.8. The summed E-state index contributed by atoms with van der Waals surface area (Å²) < 4.78 is 0.861. The molecular weight excluding hydrogens is 354 g/mol. The van der Waals surface area contributed by atoms with Gasteiger partial charge in [0.05, 0.1) is 10.7 Å². The van der Waals surface area contributed by atoms with Crippen molar-refractivity contribution in [2.24, 2.45) is 0 Å². The maximum absolute atomic E-state index is 12.3. The first-order valence-electron chi connectivity index (χ1n) is 6.48. The summed E-state index contributed by atoms with van der Waals surface area (Å²) in [6, 6.07) is 8.77. The standard InChI is InChI=1S/C15H15BrClN3O/c1-3-18-14-7-10(6-9(2)19-14)15(21)20-13-5-4-11(16)8-12(13)17/h4-8H,3H2,1-2H3,(H,18,19)(H,20,21). The van der Waals surface area contributed by atoms with Gasteiger partial charge in [0.25, 0.3) is 5.91 Å². The van der Waals surface area contributed by atoms with Crippen LogP contribution in [0.3, 0.4) is 0 Å². The third kappa shape index (κ3) is 4.19. The highest BCUT2D eigenvalue weighted by Gasteiger charge is 2.11. The van der Waals surface area contributed by atoms with Gasteiger partial charge >= 0.3 is 0 Å². The van der Waals surface area contributed by atoms with Gasteiger partial charge in [-0.25, -0.2) is 4.98 Å². The van der Waals surface area contributed by atoms with Crippen LogP contribution < -0.4 is 10.6 Å². The van der Waals surface area contributed by atoms with Crippen molar-refractivity contribution < 1.29 is 4.79 Å². The maximum Gasteiger partial charge on any atom is 0.255 e. The Balaban J connectivity index is 2.23. The largest absolute Gasteiger partial charge is 0.370 e. The van der Waals surface area contributed by atoms with Crippen LogP contribution in [-0.2, 0) is 0 Å². The van der Waals surface area contributed by atoms with Gasteiger partial charge in [0.15, 0.2) is 0 Å². The molecule has 0 saturated carbocycles. The third-order valence-corrected chi connectivity index (χ3v) is 3.56. The number of halogens is 2. The van der Waals surface area contributed by atoms with E-state index < -0.39 is 0 Å². The van der Waals surface area contributed by atoms with Crippen LogP contribution in [0.5, 0.6) is 0 Å². The minimum atomic E-state index is -0.219. The van der Waals surface area contributed by atoms with Crippen molar-refractivity contribution in [1.29, 1.82) is 0 Å². The molecule has 0 spiro atoms. The SMILES string of the molecule is CCNc1cc(C(=O)Nc2ccc(Br)cc2Cl)cc(C)n1. The Hall–Kier alpha value is -1.59. The zero-order valence-corrected chi connectivity index (χ0v) is 14.0. The molecule has 110 valence electrons. The van der Waals surface area contributed by atoms with E-state index in [1.54, 1.807) is 24.3 Å². The summed E-state index contributed by atoms with van der Waals surface area (Å²) in [5.41, 5.74) is 1.89. The summed E-state index contributed by atoms with van der Waals surface area (Å²) in [7, 11) is 0. The molecule has 0 atom stereocenters. The summed E-state index contributed by atoms with van der Waals surface area (Å²) >= 11 is 9.43. The molecule has 1 heterocycles. The first-order chi connectivity index (χ1) is 9.99. The Morgan fingerprint density at radius 3 is 2.76 bits per heavy atom. The summed E-state index contributed by atoms with van der Waals surface area (Å²) in [5.74, 6) is 0.466. The van der Waals surface area contributed by atoms with Crippen LogP contribution in [0.1, 0.15) is 23.0 Å². The molecule has 21 heavy (non-hydrogen) atoms. The van der Waals surface area contributed by atoms with Gasteiger partial charge in [-0.05, 0) is 44.2 Å². The van der Waals surface area contributed by atoms with Gasteiger partial charge in [-0.2, -0.15) is 0 Å². The van der Waals surface area contributed by atoms with Crippen molar-refractivity contribution in [3.8, 4) is 0 Å². The molecule has 2 aromatic rings. The third-order valence-electron chi connectivity index (χ3n) is 2.75. The molecule has 6 heteroatoms. The van der Waals surface area contributed by atoms with Crippen LogP contribution in [0.15, 0.2) is 34.8 Å². The molecule has 0 fully saturated rings. The van der Waals surface area contributed by atoms with Gasteiger partial charge in [-0.1, -0.05) is 27.5 Å². The summed E-state index contributed by atoms with van der Waals surface area (Å²) in [5, 5.41) is 6.39. The van der Waals surface area contributed by atoms with Crippen LogP contribution in [0.4, 0.5) is 11.5 Å². The molecule has 1 aromatic heterocycles. The number of pyridine rings is 1. The number of carbonyl (C=O) groups is 1. The molecule has 0 aliphatic heterocycles. The van der Waals surface area contributed by atoms with E-state index in [1.165, 1.54) is 0 Å². The monoisotopic (exact) mass is 367 g/mol. The lowest BCUT2D eigenvalue weighted by Crippen LogP contribution is -2.13. The molecule has 2 N–H and O–H groups in total. The predicted octanol–water partition coefficient (Wildman–Crippen LogP) is 4.49. The second-order valence-corrected chi connectivity index (χ2v) is 5.81. The van der Waals surface area contributed by atoms with Crippen molar-refractivity contribution in [3.63, 3.8) is 0 Å². The summed E-state index contributed by atoms with van der Waals surface area (Å²) in [4.78, 5) is 16.6. The van der Waals surface area contributed by atoms with Gasteiger partial charge < -0.3 is 10.6 Å². The highest BCUT2D eigenvalue weighted by molar-refractivity contribution is 9.10. The number of rotatable bonds is 4. The first-order valence-corrected chi connectivity index (χ1v) is 7.65. The van der Waals surface area contributed by atoms with Gasteiger partial charge in [-0.15, -0.1) is 0 Å². The number of aromatic nitrogens is 1. The van der Waals surface area contributed by atoms with Crippen molar-refractivity contribution in [1.82, 2.24) is 4.98 Å². The molecule has 0 unspecified atom stereocenters. The van der Waals surface area contributed by atoms with Crippen LogP contribution in [0.25, 0.3) is 0 Å². The summed E-state index contributed by atoms with van der Waals surface area (Å²) in [6.45, 7) is 4.58. The molecule has 0 aliphatic rings. The normalized spacial score (nSPS) is 10.3. The highest BCUT2D eigenvalue weighted by Crippen LogP contribution is 2.26. The zero-order chi connectivity index (χ0) is 15.4. The Morgan fingerprint density at radius 1 is 1.33 bits per heavy atom. The van der Waals surface area contributed by atoms with E-state index in [-0.39, 0.29) is 5.91 Å². The van der Waals surface area contributed by atoms with Crippen molar-refractivity contribution in [2.45, 2.75) is 13.8 Å². The van der Waals surface area contributed by atoms with Crippen LogP contribution in [-0.4, -0.2) is 17.4 Å². The molecule has 0 aliphatic carbocycles. The highest BCUT2D eigenvalue weighted by atomic mass is 79.9. The van der Waals surface area contributed by atoms with Crippen LogP contribution in [0.2, 0.25) is 5.02 Å². The lowest BCUT2D eigenvalue weighted by atomic mass is 10.2. The number of nitrogens with one attached hydrogen (secondary N) is 2. The Morgan fingerprint density at radius 2 is 2.10 bits per heavy atom. The second-order valence-electron chi connectivity index (χ2n) is 4.49. The van der Waals surface area contributed by atoms with Crippen LogP contribution in [0, 0.1) is 6.92 Å². The molecule has 1 amide bonds. The van der Waals surface area contributed by atoms with Crippen molar-refractivity contribution in [3.05, 3.63) is 51.1 Å². The zero-order valence-electron chi connectivity index (χ0n) is 11.7. The second kappa shape index (κ2) is 6.91. The number of hydrogen-bond donors (Lipinski definition) is 2. The Labute approximate surface area is 137 Å². The average molecular weight is 369 g/mol. The summed E-state index contributed by atoms with van der Waals surface area (Å²) in [6.07, 6.45) is 0. The van der Waals surface area contributed by atoms with Gasteiger partial charge in [0, 0.05) is 22.3 Å². The Kier molecular flexibility index (Phi) is 5.20. The van der Waals surface area contributed by atoms with Gasteiger partial charge in [0.1, 0.15) is 5.82 Å². The van der Waals surface area contributed by atoms with E-state index in [4.69, 9.17) is 11.6 Å². The quantitative estimate of drug-likeness (QED) is 0.836. The number of amides is 1. The molecular formula is C15H15BrClN3O. The van der Waals surface area contributed by atoms with E-state index in [9.17, 15) is 4.79 Å². The molecule has 0 radical (unpaired) electrons. The molecule has 0 bridgehead atoms. The van der Waals surface area contributed by atoms with Crippen molar-refractivity contribution in [2.75, 3.05) is 17.2 Å². The van der Waals surface area contributed by atoms with Gasteiger partial charge in [-0.3, -0.25) is 4.79 Å². The average Bonchev–Trinajstić information content (AvgIpc) is 2.41. The molecule has 4 nitrogen and oxygen atoms in total. The smallest absolute Gasteiger partial charge is 0.255 e. The number of nitrogens with zero attached hydrogens (tertiary/aromatic N) is 1. The minimum Gasteiger partial charge on any atom is -0.370 e. The van der Waals surface area contributed by atoms with Crippen LogP contribution >= 0.6 is 27.5 Å². The van der Waals surface area contributed by atoms with E-state index in [2.05, 4.69) is 31.5 Å². The van der Waals surface area contributed by atoms with E-state index in [0.29, 0.717) is 22.1 Å². The van der Waals surface area contributed by atoms with E-state index in [1.807, 2.05) is 19.9 Å². The lowest BCUT2D eigenvalue weighted by Gasteiger charge is -2.10. The fourth-order valence-electron chi connectivity index (χ4n) is 1.86. The minimum absolute atomic E-state index is 0.219. The Bertz CT molecular complexity index is 676. The molecule has 1 aromatic carbocycles. The molecule has 2 rings (SSSR count). The lowest BCUT2D eigenvalue weighted by molar-refractivity contribution is 0.102. The fourth-order valence-corrected chi connectivity index (χ4v) is 2.58. The van der Waals surface area contributed by atoms with E-state index >= 15 is 0 Å². The number of anilines is 2. The number of carbonyl (C=O) groups excluding carboxylic acids is 1. The number of hydrogen-bond acceptors (Lipinski definition) is 3. The number of benzene rings is 1. The van der Waals surface area contributed by atoms with E-state index in [0.717, 1.165) is 16.7 Å². The predicted molar refractivity (Wildman–Crippen MR) is 90.2 cm³/mol. The number of aryl methyl sites for hydroxylation is 1. The molecule has 0 saturated heterocycles. The fraction of sp³-hybridized carbons (Fsp3) is 0.200. The van der Waals surface area contributed by atoms with Gasteiger partial charge in [0.2, 0.25) is 0 Å².